The number of nitrogens with zero attached hydrogens (tertiary/aromatic N) is 2. The van der Waals surface area contributed by atoms with Crippen molar-refractivity contribution in [3.63, 3.8) is 0 Å². The quantitative estimate of drug-likeness (QED) is 0.290. The van der Waals surface area contributed by atoms with E-state index in [0.717, 1.165) is 25.3 Å². The monoisotopic (exact) mass is 336 g/mol. The second-order valence-corrected chi connectivity index (χ2v) is 7.06. The molecule has 0 aromatic carbocycles. The Kier molecular flexibility index (Phi) is 13.9. The van der Waals surface area contributed by atoms with Gasteiger partial charge in [0.15, 0.2) is 0 Å². The fraction of sp³-hybridized carbons (Fsp3) is 0.857. The third-order valence-corrected chi connectivity index (χ3v) is 4.89. The third-order valence-electron chi connectivity index (χ3n) is 4.89. The predicted octanol–water partition coefficient (Wildman–Crippen LogP) is 5.69. The number of hydrogen-bond acceptors (Lipinski definition) is 3. The van der Waals surface area contributed by atoms with Crippen LogP contribution in [-0.2, 0) is 0 Å². The Morgan fingerprint density at radius 2 is 1.46 bits per heavy atom. The fourth-order valence-electron chi connectivity index (χ4n) is 3.28. The average Bonchev–Trinajstić information content (AvgIpc) is 3.06. The lowest BCUT2D eigenvalue weighted by atomic mass is 10.0. The van der Waals surface area contributed by atoms with Crippen molar-refractivity contribution in [1.29, 1.82) is 0 Å². The van der Waals surface area contributed by atoms with Crippen LogP contribution in [0.4, 0.5) is 0 Å². The van der Waals surface area contributed by atoms with Gasteiger partial charge >= 0.3 is 0 Å². The van der Waals surface area contributed by atoms with E-state index in [1.165, 1.54) is 83.5 Å². The van der Waals surface area contributed by atoms with Crippen molar-refractivity contribution in [2.75, 3.05) is 19.8 Å². The minimum atomic E-state index is 0.103. The molecule has 0 saturated heterocycles. The Balaban J connectivity index is 1.80. The molecule has 0 aromatic rings. The molecule has 1 aliphatic heterocycles. The highest BCUT2D eigenvalue weighted by Gasteiger charge is 2.13. The number of allylic oxidation sites excluding steroid dienone is 1. The molecule has 1 rings (SSSR count). The Hall–Kier alpha value is -0.830. The Morgan fingerprint density at radius 1 is 0.875 bits per heavy atom. The van der Waals surface area contributed by atoms with Gasteiger partial charge in [-0.3, -0.25) is 4.99 Å². The highest BCUT2D eigenvalue weighted by Crippen LogP contribution is 2.12. The molecule has 0 radical (unpaired) electrons. The molecule has 0 amide bonds. The second kappa shape index (κ2) is 15.7. The van der Waals surface area contributed by atoms with Gasteiger partial charge in [-0.1, -0.05) is 89.7 Å². The molecule has 1 N–H and O–H groups in total. The maximum Gasteiger partial charge on any atom is 0.116 e. The van der Waals surface area contributed by atoms with Crippen LogP contribution < -0.4 is 0 Å². The SMILES string of the molecule is CCCCCCCCCCCCCCC=CCC1=NCCN1CO. The van der Waals surface area contributed by atoms with Gasteiger partial charge < -0.3 is 10.0 Å². The van der Waals surface area contributed by atoms with Gasteiger partial charge in [0.25, 0.3) is 0 Å². The number of rotatable bonds is 16. The smallest absolute Gasteiger partial charge is 0.116 e. The lowest BCUT2D eigenvalue weighted by Gasteiger charge is -2.15. The molecule has 0 atom stereocenters. The van der Waals surface area contributed by atoms with Gasteiger partial charge in [0.05, 0.1) is 6.54 Å². The first kappa shape index (κ1) is 21.2. The molecule has 0 spiro atoms. The summed E-state index contributed by atoms with van der Waals surface area (Å²) in [6.45, 7) is 4.09. The Bertz CT molecular complexity index is 339. The zero-order valence-electron chi connectivity index (χ0n) is 16.0. The molecule has 1 heterocycles. The predicted molar refractivity (Wildman–Crippen MR) is 106 cm³/mol. The molecule has 0 unspecified atom stereocenters. The van der Waals surface area contributed by atoms with Crippen LogP contribution in [0.25, 0.3) is 0 Å². The lowest BCUT2D eigenvalue weighted by molar-refractivity contribution is 0.178. The summed E-state index contributed by atoms with van der Waals surface area (Å²) in [6, 6.07) is 0. The van der Waals surface area contributed by atoms with E-state index in [-0.39, 0.29) is 6.73 Å². The molecule has 140 valence electrons. The van der Waals surface area contributed by atoms with Crippen molar-refractivity contribution in [1.82, 2.24) is 4.90 Å². The van der Waals surface area contributed by atoms with Crippen molar-refractivity contribution >= 4 is 5.84 Å². The molecule has 0 aromatic heterocycles. The molecule has 0 aliphatic carbocycles. The van der Waals surface area contributed by atoms with Gasteiger partial charge in [0.2, 0.25) is 0 Å². The topological polar surface area (TPSA) is 35.8 Å². The number of aliphatic hydroxyl groups is 1. The third kappa shape index (κ3) is 10.9. The second-order valence-electron chi connectivity index (χ2n) is 7.06. The number of aliphatic imine (C=N–C) groups is 1. The number of aliphatic hydroxyl groups excluding tert-OH is 1. The van der Waals surface area contributed by atoms with Crippen molar-refractivity contribution in [2.24, 2.45) is 4.99 Å². The van der Waals surface area contributed by atoms with Crippen LogP contribution in [0.5, 0.6) is 0 Å². The number of amidine groups is 1. The van der Waals surface area contributed by atoms with Crippen molar-refractivity contribution in [3.8, 4) is 0 Å². The maximum absolute atomic E-state index is 9.18. The van der Waals surface area contributed by atoms with E-state index in [4.69, 9.17) is 0 Å². The Morgan fingerprint density at radius 3 is 2.04 bits per heavy atom. The zero-order chi connectivity index (χ0) is 17.3. The number of hydrogen-bond donors (Lipinski definition) is 1. The zero-order valence-corrected chi connectivity index (χ0v) is 16.0. The first-order chi connectivity index (χ1) is 11.9. The molecular weight excluding hydrogens is 296 g/mol. The molecule has 3 nitrogen and oxygen atoms in total. The first-order valence-electron chi connectivity index (χ1n) is 10.4. The van der Waals surface area contributed by atoms with Crippen LogP contribution in [0.3, 0.4) is 0 Å². The van der Waals surface area contributed by atoms with E-state index in [0.29, 0.717) is 0 Å². The highest BCUT2D eigenvalue weighted by atomic mass is 16.3. The van der Waals surface area contributed by atoms with Crippen molar-refractivity contribution < 1.29 is 5.11 Å². The molecule has 3 heteroatoms. The minimum absolute atomic E-state index is 0.103. The maximum atomic E-state index is 9.18. The summed E-state index contributed by atoms with van der Waals surface area (Å²) in [5, 5.41) is 9.18. The molecular formula is C21H40N2O. The number of unbranched alkanes of at least 4 members (excludes halogenated alkanes) is 12. The molecule has 1 aliphatic rings. The first-order valence-corrected chi connectivity index (χ1v) is 10.4. The fourth-order valence-corrected chi connectivity index (χ4v) is 3.28. The summed E-state index contributed by atoms with van der Waals surface area (Å²) < 4.78 is 0. The standard InChI is InChI=1S/C21H40N2O/c1-2-3-4-5-6-7-8-9-10-11-12-13-14-15-16-17-21-22-18-19-23(21)20-24/h15-16,24H,2-14,17-20H2,1H3. The normalized spacial score (nSPS) is 14.8. The average molecular weight is 337 g/mol. The van der Waals surface area contributed by atoms with Crippen LogP contribution in [0.15, 0.2) is 17.1 Å². The Labute approximate surface area is 150 Å². The van der Waals surface area contributed by atoms with E-state index >= 15 is 0 Å². The van der Waals surface area contributed by atoms with Crippen molar-refractivity contribution in [2.45, 2.75) is 96.8 Å². The van der Waals surface area contributed by atoms with Gasteiger partial charge in [-0.15, -0.1) is 0 Å². The molecule has 0 saturated carbocycles. The van der Waals surface area contributed by atoms with Crippen LogP contribution in [0.1, 0.15) is 96.8 Å². The van der Waals surface area contributed by atoms with Gasteiger partial charge in [-0.2, -0.15) is 0 Å². The lowest BCUT2D eigenvalue weighted by Crippen LogP contribution is -2.28. The van der Waals surface area contributed by atoms with Gasteiger partial charge in [0.1, 0.15) is 12.6 Å². The summed E-state index contributed by atoms with van der Waals surface area (Å²) in [7, 11) is 0. The molecule has 0 bridgehead atoms. The highest BCUT2D eigenvalue weighted by molar-refractivity contribution is 5.84. The van der Waals surface area contributed by atoms with Gasteiger partial charge in [-0.05, 0) is 12.8 Å². The van der Waals surface area contributed by atoms with E-state index in [1.54, 1.807) is 0 Å². The van der Waals surface area contributed by atoms with Gasteiger partial charge in [0, 0.05) is 13.0 Å². The summed E-state index contributed by atoms with van der Waals surface area (Å²) in [6.07, 6.45) is 23.5. The molecule has 24 heavy (non-hydrogen) atoms. The van der Waals surface area contributed by atoms with Crippen LogP contribution in [0, 0.1) is 0 Å². The van der Waals surface area contributed by atoms with Crippen LogP contribution in [-0.4, -0.2) is 35.7 Å². The summed E-state index contributed by atoms with van der Waals surface area (Å²) in [4.78, 5) is 6.38. The minimum Gasteiger partial charge on any atom is -0.376 e. The summed E-state index contributed by atoms with van der Waals surface area (Å²) >= 11 is 0. The van der Waals surface area contributed by atoms with Crippen LogP contribution in [0.2, 0.25) is 0 Å². The van der Waals surface area contributed by atoms with Crippen molar-refractivity contribution in [3.05, 3.63) is 12.2 Å². The summed E-state index contributed by atoms with van der Waals surface area (Å²) in [5.41, 5.74) is 0. The van der Waals surface area contributed by atoms with E-state index in [2.05, 4.69) is 24.1 Å². The van der Waals surface area contributed by atoms with E-state index in [1.807, 2.05) is 4.90 Å². The molecule has 0 fully saturated rings. The van der Waals surface area contributed by atoms with E-state index < -0.39 is 0 Å². The van der Waals surface area contributed by atoms with Crippen LogP contribution >= 0.6 is 0 Å². The van der Waals surface area contributed by atoms with E-state index in [9.17, 15) is 5.11 Å². The van der Waals surface area contributed by atoms with Gasteiger partial charge in [-0.25, -0.2) is 0 Å². The largest absolute Gasteiger partial charge is 0.376 e. The summed E-state index contributed by atoms with van der Waals surface area (Å²) in [5.74, 6) is 1.04.